The van der Waals surface area contributed by atoms with Gasteiger partial charge in [-0.15, -0.1) is 0 Å². The lowest BCUT2D eigenvalue weighted by molar-refractivity contribution is 0.0858. The predicted octanol–water partition coefficient (Wildman–Crippen LogP) is 4.03. The van der Waals surface area contributed by atoms with E-state index in [2.05, 4.69) is 15.8 Å². The van der Waals surface area contributed by atoms with Crippen LogP contribution in [0.4, 0.5) is 5.69 Å². The number of hydrogen-bond acceptors (Lipinski definition) is 6. The summed E-state index contributed by atoms with van der Waals surface area (Å²) in [5.41, 5.74) is 2.91. The van der Waals surface area contributed by atoms with E-state index in [-0.39, 0.29) is 17.9 Å². The monoisotopic (exact) mass is 449 g/mol. The molecule has 1 atom stereocenters. The fraction of sp³-hybridized carbons (Fsp3) is 0.320. The van der Waals surface area contributed by atoms with Crippen LogP contribution >= 0.6 is 0 Å². The zero-order chi connectivity index (χ0) is 23.2. The van der Waals surface area contributed by atoms with Crippen LogP contribution in [0, 0.1) is 13.8 Å². The third kappa shape index (κ3) is 5.59. The molecule has 1 aromatic heterocycles. The fourth-order valence-corrected chi connectivity index (χ4v) is 3.68. The number of ether oxygens (including phenoxy) is 2. The van der Waals surface area contributed by atoms with Gasteiger partial charge in [0.25, 0.3) is 11.8 Å². The molecule has 2 N–H and O–H groups in total. The van der Waals surface area contributed by atoms with Crippen LogP contribution in [0.15, 0.2) is 53.1 Å². The molecule has 0 saturated carbocycles. The van der Waals surface area contributed by atoms with Crippen molar-refractivity contribution in [1.29, 1.82) is 0 Å². The highest BCUT2D eigenvalue weighted by atomic mass is 16.5. The normalized spacial score (nSPS) is 15.3. The molecule has 8 nitrogen and oxygen atoms in total. The molecule has 1 saturated heterocycles. The second kappa shape index (κ2) is 10.3. The van der Waals surface area contributed by atoms with Gasteiger partial charge >= 0.3 is 0 Å². The Morgan fingerprint density at radius 1 is 1.12 bits per heavy atom. The van der Waals surface area contributed by atoms with Crippen molar-refractivity contribution in [2.75, 3.05) is 18.5 Å². The van der Waals surface area contributed by atoms with Gasteiger partial charge in [0.2, 0.25) is 0 Å². The first-order valence-corrected chi connectivity index (χ1v) is 11.0. The summed E-state index contributed by atoms with van der Waals surface area (Å²) in [7, 11) is 0. The Kier molecular flexibility index (Phi) is 7.04. The molecule has 4 rings (SSSR count). The molecule has 1 aliphatic rings. The third-order valence-electron chi connectivity index (χ3n) is 5.59. The first-order chi connectivity index (χ1) is 16.0. The van der Waals surface area contributed by atoms with Crippen molar-refractivity contribution in [3.05, 3.63) is 76.7 Å². The number of para-hydroxylation sites is 1. The fourth-order valence-electron chi connectivity index (χ4n) is 3.68. The molecular weight excluding hydrogens is 422 g/mol. The van der Waals surface area contributed by atoms with Crippen LogP contribution in [0.5, 0.6) is 5.75 Å². The van der Waals surface area contributed by atoms with E-state index in [0.717, 1.165) is 30.7 Å². The molecule has 0 spiro atoms. The molecule has 1 unspecified atom stereocenters. The number of anilines is 1. The summed E-state index contributed by atoms with van der Waals surface area (Å²) in [6.45, 7) is 5.16. The second-order valence-corrected chi connectivity index (χ2v) is 7.96. The summed E-state index contributed by atoms with van der Waals surface area (Å²) >= 11 is 0. The van der Waals surface area contributed by atoms with E-state index >= 15 is 0 Å². The summed E-state index contributed by atoms with van der Waals surface area (Å²) in [6, 6.07) is 13.8. The molecule has 1 aliphatic heterocycles. The van der Waals surface area contributed by atoms with Gasteiger partial charge < -0.3 is 24.6 Å². The van der Waals surface area contributed by atoms with E-state index in [1.165, 1.54) is 0 Å². The highest BCUT2D eigenvalue weighted by molar-refractivity contribution is 6.09. The quantitative estimate of drug-likeness (QED) is 0.538. The van der Waals surface area contributed by atoms with Crippen molar-refractivity contribution in [3.63, 3.8) is 0 Å². The van der Waals surface area contributed by atoms with Gasteiger partial charge in [0.1, 0.15) is 18.1 Å². The van der Waals surface area contributed by atoms with Crippen LogP contribution in [0.1, 0.15) is 50.6 Å². The Hall–Kier alpha value is -3.65. The largest absolute Gasteiger partial charge is 0.489 e. The first-order valence-electron chi connectivity index (χ1n) is 11.0. The molecule has 0 radical (unpaired) electrons. The second-order valence-electron chi connectivity index (χ2n) is 7.96. The number of aromatic nitrogens is 1. The maximum Gasteiger partial charge on any atom is 0.255 e. The van der Waals surface area contributed by atoms with Gasteiger partial charge in [0.05, 0.1) is 28.6 Å². The molecule has 3 aromatic rings. The van der Waals surface area contributed by atoms with Gasteiger partial charge in [-0.1, -0.05) is 23.4 Å². The van der Waals surface area contributed by atoms with Crippen LogP contribution in [0.25, 0.3) is 0 Å². The molecule has 2 heterocycles. The molecule has 33 heavy (non-hydrogen) atoms. The van der Waals surface area contributed by atoms with E-state index in [1.54, 1.807) is 48.5 Å². The van der Waals surface area contributed by atoms with Crippen LogP contribution in [-0.4, -0.2) is 36.2 Å². The maximum atomic E-state index is 12.9. The number of nitrogens with zero attached hydrogens (tertiary/aromatic N) is 1. The Labute approximate surface area is 192 Å². The summed E-state index contributed by atoms with van der Waals surface area (Å²) < 4.78 is 16.5. The third-order valence-corrected chi connectivity index (χ3v) is 5.59. The summed E-state index contributed by atoms with van der Waals surface area (Å²) in [5.74, 6) is 0.663. The van der Waals surface area contributed by atoms with E-state index in [1.807, 2.05) is 13.8 Å². The van der Waals surface area contributed by atoms with E-state index < -0.39 is 0 Å². The topological polar surface area (TPSA) is 103 Å². The smallest absolute Gasteiger partial charge is 0.255 e. The Bertz CT molecular complexity index is 1120. The van der Waals surface area contributed by atoms with Crippen molar-refractivity contribution in [3.8, 4) is 5.75 Å². The number of carbonyl (C=O) groups is 2. The number of nitrogens with one attached hydrogen (secondary N) is 2. The number of aryl methyl sites for hydroxylation is 2. The van der Waals surface area contributed by atoms with E-state index in [4.69, 9.17) is 14.0 Å². The number of rotatable bonds is 8. The minimum atomic E-state index is -0.336. The SMILES string of the molecule is Cc1noc(C)c1COc1cccc(C(=O)Nc2ccccc2C(=O)NCC2CCCO2)c1. The van der Waals surface area contributed by atoms with Crippen molar-refractivity contribution < 1.29 is 23.6 Å². The molecule has 172 valence electrons. The Morgan fingerprint density at radius 2 is 1.97 bits per heavy atom. The molecular formula is C25H27N3O5. The molecule has 2 amide bonds. The van der Waals surface area contributed by atoms with Gasteiger partial charge in [-0.05, 0) is 57.0 Å². The first kappa shape index (κ1) is 22.5. The van der Waals surface area contributed by atoms with E-state index in [0.29, 0.717) is 41.5 Å². The van der Waals surface area contributed by atoms with Gasteiger partial charge in [-0.2, -0.15) is 0 Å². The van der Waals surface area contributed by atoms with E-state index in [9.17, 15) is 9.59 Å². The predicted molar refractivity (Wildman–Crippen MR) is 122 cm³/mol. The zero-order valence-electron chi connectivity index (χ0n) is 18.7. The standard InChI is InChI=1S/C25H27N3O5/c1-16-22(17(2)33-28-16)15-32-19-8-5-7-18(13-19)24(29)27-23-11-4-3-10-21(23)25(30)26-14-20-9-6-12-31-20/h3-5,7-8,10-11,13,20H,6,9,12,14-15H2,1-2H3,(H,26,30)(H,27,29). The molecule has 0 bridgehead atoms. The minimum absolute atomic E-state index is 0.0452. The van der Waals surface area contributed by atoms with Crippen molar-refractivity contribution in [2.24, 2.45) is 0 Å². The number of hydrogen-bond donors (Lipinski definition) is 2. The van der Waals surface area contributed by atoms with Crippen LogP contribution in [0.3, 0.4) is 0 Å². The van der Waals surface area contributed by atoms with Crippen LogP contribution < -0.4 is 15.4 Å². The number of carbonyl (C=O) groups excluding carboxylic acids is 2. The maximum absolute atomic E-state index is 12.9. The number of benzene rings is 2. The van der Waals surface area contributed by atoms with Gasteiger partial charge in [-0.25, -0.2) is 0 Å². The number of amides is 2. The lowest BCUT2D eigenvalue weighted by Gasteiger charge is -2.14. The van der Waals surface area contributed by atoms with Crippen molar-refractivity contribution >= 4 is 17.5 Å². The van der Waals surface area contributed by atoms with Gasteiger partial charge in [0.15, 0.2) is 0 Å². The zero-order valence-corrected chi connectivity index (χ0v) is 18.7. The van der Waals surface area contributed by atoms with Gasteiger partial charge in [-0.3, -0.25) is 9.59 Å². The molecule has 8 heteroatoms. The van der Waals surface area contributed by atoms with Crippen LogP contribution in [-0.2, 0) is 11.3 Å². The van der Waals surface area contributed by atoms with Crippen molar-refractivity contribution in [2.45, 2.75) is 39.4 Å². The molecule has 1 fully saturated rings. The van der Waals surface area contributed by atoms with Gasteiger partial charge in [0, 0.05) is 18.7 Å². The highest BCUT2D eigenvalue weighted by Crippen LogP contribution is 2.21. The summed E-state index contributed by atoms with van der Waals surface area (Å²) in [6.07, 6.45) is 1.99. The van der Waals surface area contributed by atoms with Crippen molar-refractivity contribution in [1.82, 2.24) is 10.5 Å². The highest BCUT2D eigenvalue weighted by Gasteiger charge is 2.19. The summed E-state index contributed by atoms with van der Waals surface area (Å²) in [4.78, 5) is 25.6. The summed E-state index contributed by atoms with van der Waals surface area (Å²) in [5, 5.41) is 9.65. The average Bonchev–Trinajstić information content (AvgIpc) is 3.46. The minimum Gasteiger partial charge on any atom is -0.489 e. The molecule has 0 aliphatic carbocycles. The Balaban J connectivity index is 1.41. The lowest BCUT2D eigenvalue weighted by Crippen LogP contribution is -2.32. The average molecular weight is 450 g/mol. The molecule has 2 aromatic carbocycles. The van der Waals surface area contributed by atoms with Crippen LogP contribution in [0.2, 0.25) is 0 Å². The Morgan fingerprint density at radius 3 is 2.73 bits per heavy atom. The lowest BCUT2D eigenvalue weighted by atomic mass is 10.1.